The number of halogens is 1. The summed E-state index contributed by atoms with van der Waals surface area (Å²) in [7, 11) is 0. The van der Waals surface area contributed by atoms with E-state index in [-0.39, 0.29) is 38.4 Å². The standard InChI is InChI=1S/C6H14O3.ClH.H3N/c1-2-6(3-7,4-8)5-9;;/h7-9H,2-5H2,1H3;1H;1H3. The molecule has 0 amide bonds. The Hall–Kier alpha value is 0.130. The maximum atomic E-state index is 8.66. The molecule has 72 valence electrons. The molecule has 0 saturated heterocycles. The second-order valence-corrected chi connectivity index (χ2v) is 2.33. The van der Waals surface area contributed by atoms with Gasteiger partial charge in [-0.05, 0) is 6.42 Å². The lowest BCUT2D eigenvalue weighted by Crippen LogP contribution is -3.00. The van der Waals surface area contributed by atoms with Gasteiger partial charge in [0.1, 0.15) is 0 Å². The Morgan fingerprint density at radius 1 is 1.00 bits per heavy atom. The topological polar surface area (TPSA) is 97.2 Å². The van der Waals surface area contributed by atoms with E-state index in [0.717, 1.165) is 0 Å². The highest BCUT2D eigenvalue weighted by Crippen LogP contribution is 2.18. The quantitative estimate of drug-likeness (QED) is 0.372. The van der Waals surface area contributed by atoms with Crippen LogP contribution in [0.1, 0.15) is 13.3 Å². The molecule has 0 aliphatic rings. The van der Waals surface area contributed by atoms with Crippen molar-refractivity contribution in [1.82, 2.24) is 6.15 Å². The average molecular weight is 188 g/mol. The largest absolute Gasteiger partial charge is 1.00 e. The van der Waals surface area contributed by atoms with Crippen molar-refractivity contribution in [3.63, 3.8) is 0 Å². The average Bonchev–Trinajstić information content (AvgIpc) is 1.95. The van der Waals surface area contributed by atoms with E-state index in [1.165, 1.54) is 0 Å². The maximum Gasteiger partial charge on any atom is 0.0531 e. The summed E-state index contributed by atoms with van der Waals surface area (Å²) < 4.78 is 0. The molecule has 0 aromatic rings. The van der Waals surface area contributed by atoms with Crippen LogP contribution in [-0.2, 0) is 0 Å². The first-order valence-electron chi connectivity index (χ1n) is 3.07. The summed E-state index contributed by atoms with van der Waals surface area (Å²) in [5.74, 6) is 0. The zero-order chi connectivity index (χ0) is 7.33. The van der Waals surface area contributed by atoms with Crippen LogP contribution in [0.5, 0.6) is 0 Å². The number of quaternary nitrogens is 1. The van der Waals surface area contributed by atoms with Crippen LogP contribution in [0.2, 0.25) is 0 Å². The molecule has 0 rings (SSSR count). The molecule has 7 N–H and O–H groups in total. The van der Waals surface area contributed by atoms with Gasteiger partial charge in [0.05, 0.1) is 19.8 Å². The monoisotopic (exact) mass is 187 g/mol. The fraction of sp³-hybridized carbons (Fsp3) is 1.00. The summed E-state index contributed by atoms with van der Waals surface area (Å²) in [5, 5.41) is 26.0. The van der Waals surface area contributed by atoms with E-state index in [4.69, 9.17) is 15.3 Å². The minimum Gasteiger partial charge on any atom is -1.00 e. The third-order valence-corrected chi connectivity index (χ3v) is 1.76. The minimum atomic E-state index is -0.667. The second-order valence-electron chi connectivity index (χ2n) is 2.33. The molecule has 0 spiro atoms. The van der Waals surface area contributed by atoms with Crippen molar-refractivity contribution < 1.29 is 27.7 Å². The van der Waals surface area contributed by atoms with Crippen LogP contribution in [0, 0.1) is 5.41 Å². The van der Waals surface area contributed by atoms with Crippen molar-refractivity contribution in [2.75, 3.05) is 19.8 Å². The summed E-state index contributed by atoms with van der Waals surface area (Å²) in [6, 6.07) is 0. The number of hydrogen-bond acceptors (Lipinski definition) is 3. The van der Waals surface area contributed by atoms with Crippen LogP contribution in [0.25, 0.3) is 0 Å². The molecule has 0 saturated carbocycles. The van der Waals surface area contributed by atoms with Gasteiger partial charge in [-0.3, -0.25) is 0 Å². The van der Waals surface area contributed by atoms with Gasteiger partial charge in [0, 0.05) is 5.41 Å². The van der Waals surface area contributed by atoms with Crippen molar-refractivity contribution in [2.24, 2.45) is 5.41 Å². The van der Waals surface area contributed by atoms with E-state index in [1.54, 1.807) is 0 Å². The first kappa shape index (κ1) is 17.3. The van der Waals surface area contributed by atoms with Crippen molar-refractivity contribution in [3.8, 4) is 0 Å². The molecule has 0 aliphatic heterocycles. The van der Waals surface area contributed by atoms with Crippen LogP contribution >= 0.6 is 0 Å². The third kappa shape index (κ3) is 4.55. The van der Waals surface area contributed by atoms with Gasteiger partial charge in [0.2, 0.25) is 0 Å². The fourth-order valence-corrected chi connectivity index (χ4v) is 0.485. The molecule has 0 aromatic heterocycles. The van der Waals surface area contributed by atoms with Crippen molar-refractivity contribution >= 4 is 0 Å². The van der Waals surface area contributed by atoms with Gasteiger partial charge < -0.3 is 33.9 Å². The Bertz CT molecular complexity index is 60.7. The smallest absolute Gasteiger partial charge is 0.0531 e. The molecule has 5 heteroatoms. The fourth-order valence-electron chi connectivity index (χ4n) is 0.485. The Morgan fingerprint density at radius 3 is 1.27 bits per heavy atom. The highest BCUT2D eigenvalue weighted by molar-refractivity contribution is 4.74. The van der Waals surface area contributed by atoms with Crippen molar-refractivity contribution in [1.29, 1.82) is 0 Å². The molecular weight excluding hydrogens is 170 g/mol. The Morgan fingerprint density at radius 2 is 1.27 bits per heavy atom. The molecule has 0 heterocycles. The Balaban J connectivity index is -0.000000320. The van der Waals surface area contributed by atoms with Gasteiger partial charge in [-0.15, -0.1) is 0 Å². The predicted molar refractivity (Wildman–Crippen MR) is 40.0 cm³/mol. The molecule has 11 heavy (non-hydrogen) atoms. The van der Waals surface area contributed by atoms with Gasteiger partial charge in [-0.2, -0.15) is 0 Å². The number of aliphatic hydroxyl groups excluding tert-OH is 3. The molecule has 0 radical (unpaired) electrons. The second kappa shape index (κ2) is 8.23. The highest BCUT2D eigenvalue weighted by atomic mass is 35.5. The van der Waals surface area contributed by atoms with Gasteiger partial charge in [0.25, 0.3) is 0 Å². The lowest BCUT2D eigenvalue weighted by Gasteiger charge is -2.24. The van der Waals surface area contributed by atoms with E-state index in [1.807, 2.05) is 6.92 Å². The highest BCUT2D eigenvalue weighted by Gasteiger charge is 2.24. The van der Waals surface area contributed by atoms with Crippen LogP contribution < -0.4 is 18.6 Å². The van der Waals surface area contributed by atoms with E-state index in [9.17, 15) is 0 Å². The van der Waals surface area contributed by atoms with Crippen LogP contribution in [0.15, 0.2) is 0 Å². The van der Waals surface area contributed by atoms with E-state index >= 15 is 0 Å². The maximum absolute atomic E-state index is 8.66. The molecule has 0 atom stereocenters. The van der Waals surface area contributed by atoms with Gasteiger partial charge >= 0.3 is 0 Å². The lowest BCUT2D eigenvalue weighted by atomic mass is 9.88. The van der Waals surface area contributed by atoms with Crippen LogP contribution in [0.4, 0.5) is 0 Å². The molecule has 0 bridgehead atoms. The molecular formula is C6H18ClNO3. The Labute approximate surface area is 73.2 Å². The molecule has 0 unspecified atom stereocenters. The third-order valence-electron chi connectivity index (χ3n) is 1.76. The Kier molecular flexibility index (Phi) is 12.9. The lowest BCUT2D eigenvalue weighted by molar-refractivity contribution is -0.0000964. The number of rotatable bonds is 4. The van der Waals surface area contributed by atoms with Gasteiger partial charge in [-0.1, -0.05) is 6.92 Å². The summed E-state index contributed by atoms with van der Waals surface area (Å²) >= 11 is 0. The first-order valence-corrected chi connectivity index (χ1v) is 3.07. The van der Waals surface area contributed by atoms with E-state index < -0.39 is 5.41 Å². The van der Waals surface area contributed by atoms with Gasteiger partial charge in [0.15, 0.2) is 0 Å². The normalized spacial score (nSPS) is 9.82. The SMILES string of the molecule is CCC(CO)(CO)CO.[Cl-].[NH4+]. The zero-order valence-electron chi connectivity index (χ0n) is 7.05. The summed E-state index contributed by atoms with van der Waals surface area (Å²) in [5.41, 5.74) is -0.667. The number of aliphatic hydroxyl groups is 3. The molecule has 0 aliphatic carbocycles. The summed E-state index contributed by atoms with van der Waals surface area (Å²) in [6.07, 6.45) is 0.594. The van der Waals surface area contributed by atoms with Crippen LogP contribution in [-0.4, -0.2) is 35.1 Å². The van der Waals surface area contributed by atoms with E-state index in [2.05, 4.69) is 0 Å². The zero-order valence-corrected chi connectivity index (χ0v) is 7.80. The molecule has 4 nitrogen and oxygen atoms in total. The number of hydrogen-bond donors (Lipinski definition) is 4. The minimum absolute atomic E-state index is 0. The van der Waals surface area contributed by atoms with Gasteiger partial charge in [-0.25, -0.2) is 0 Å². The summed E-state index contributed by atoms with van der Waals surface area (Å²) in [6.45, 7) is 1.35. The molecule has 0 fully saturated rings. The van der Waals surface area contributed by atoms with Crippen LogP contribution in [0.3, 0.4) is 0 Å². The predicted octanol–water partition coefficient (Wildman–Crippen LogP) is -3.26. The molecule has 0 aromatic carbocycles. The first-order chi connectivity index (χ1) is 4.24. The van der Waals surface area contributed by atoms with E-state index in [0.29, 0.717) is 6.42 Å². The van der Waals surface area contributed by atoms with Crippen molar-refractivity contribution in [3.05, 3.63) is 0 Å². The van der Waals surface area contributed by atoms with Crippen molar-refractivity contribution in [2.45, 2.75) is 13.3 Å². The summed E-state index contributed by atoms with van der Waals surface area (Å²) in [4.78, 5) is 0.